The molecule has 1 aliphatic heterocycles. The Balaban J connectivity index is 1.47. The van der Waals surface area contributed by atoms with Gasteiger partial charge in [-0.1, -0.05) is 18.2 Å². The summed E-state index contributed by atoms with van der Waals surface area (Å²) in [6, 6.07) is 12.5. The van der Waals surface area contributed by atoms with Crippen LogP contribution in [0, 0.1) is 13.8 Å². The van der Waals surface area contributed by atoms with E-state index < -0.39 is 15.8 Å². The number of benzene rings is 2. The van der Waals surface area contributed by atoms with Crippen molar-refractivity contribution in [3.05, 3.63) is 64.1 Å². The van der Waals surface area contributed by atoms with Crippen molar-refractivity contribution < 1.29 is 12.8 Å². The van der Waals surface area contributed by atoms with E-state index in [2.05, 4.69) is 4.90 Å². The van der Waals surface area contributed by atoms with Crippen molar-refractivity contribution >= 4 is 21.1 Å². The molecule has 28 heavy (non-hydrogen) atoms. The minimum absolute atomic E-state index is 0.334. The van der Waals surface area contributed by atoms with Crippen molar-refractivity contribution in [3.8, 4) is 0 Å². The third kappa shape index (κ3) is 3.39. The average Bonchev–Trinajstić information content (AvgIpc) is 3.00. The number of para-hydroxylation sites is 2. The Bertz CT molecular complexity index is 1170. The molecule has 0 saturated carbocycles. The lowest BCUT2D eigenvalue weighted by molar-refractivity contribution is 0.150. The molecule has 0 unspecified atom stereocenters. The average molecular weight is 401 g/mol. The molecule has 0 aliphatic carbocycles. The molecule has 0 radical (unpaired) electrons. The summed E-state index contributed by atoms with van der Waals surface area (Å²) in [6.45, 7) is 6.14. The van der Waals surface area contributed by atoms with Crippen molar-refractivity contribution in [2.75, 3.05) is 26.2 Å². The van der Waals surface area contributed by atoms with E-state index in [0.717, 1.165) is 16.6 Å². The summed E-state index contributed by atoms with van der Waals surface area (Å²) >= 11 is 0. The van der Waals surface area contributed by atoms with E-state index in [-0.39, 0.29) is 0 Å². The standard InChI is InChI=1S/C20H23N3O4S/c1-15-7-8-17(13-16(15)2)28(25,26)22-11-9-21(10-12-22)14-23-18-5-3-4-6-19(18)27-20(23)24/h3-8,13H,9-12,14H2,1-2H3. The number of sulfonamides is 1. The molecule has 2 aromatic carbocycles. The number of oxazole rings is 1. The summed E-state index contributed by atoms with van der Waals surface area (Å²) in [5.74, 6) is -0.397. The first-order valence-electron chi connectivity index (χ1n) is 9.24. The molecule has 0 spiro atoms. The number of rotatable bonds is 4. The summed E-state index contributed by atoms with van der Waals surface area (Å²) in [7, 11) is -3.51. The third-order valence-corrected chi connectivity index (χ3v) is 7.26. The highest BCUT2D eigenvalue weighted by atomic mass is 32.2. The maximum absolute atomic E-state index is 12.9. The smallest absolute Gasteiger partial charge is 0.408 e. The van der Waals surface area contributed by atoms with Crippen LogP contribution in [0.1, 0.15) is 11.1 Å². The zero-order valence-corrected chi connectivity index (χ0v) is 16.8. The van der Waals surface area contributed by atoms with E-state index in [9.17, 15) is 13.2 Å². The van der Waals surface area contributed by atoms with Crippen molar-refractivity contribution in [1.29, 1.82) is 0 Å². The van der Waals surface area contributed by atoms with Crippen LogP contribution < -0.4 is 5.76 Å². The molecule has 1 aliphatic rings. The topological polar surface area (TPSA) is 75.8 Å². The second-order valence-electron chi connectivity index (χ2n) is 7.17. The van der Waals surface area contributed by atoms with Gasteiger partial charge in [0.25, 0.3) is 0 Å². The minimum Gasteiger partial charge on any atom is -0.408 e. The molecule has 0 atom stereocenters. The number of hydrogen-bond acceptors (Lipinski definition) is 5. The molecular weight excluding hydrogens is 378 g/mol. The van der Waals surface area contributed by atoms with Crippen LogP contribution in [0.15, 0.2) is 56.6 Å². The predicted molar refractivity (Wildman–Crippen MR) is 107 cm³/mol. The van der Waals surface area contributed by atoms with Gasteiger partial charge in [0.1, 0.15) is 0 Å². The Hall–Kier alpha value is -2.42. The minimum atomic E-state index is -3.51. The normalized spacial score (nSPS) is 16.6. The second kappa shape index (κ2) is 7.20. The summed E-state index contributed by atoms with van der Waals surface area (Å²) in [4.78, 5) is 14.5. The maximum atomic E-state index is 12.9. The number of nitrogens with zero attached hydrogens (tertiary/aromatic N) is 3. The maximum Gasteiger partial charge on any atom is 0.421 e. The Morgan fingerprint density at radius 3 is 2.39 bits per heavy atom. The molecule has 2 heterocycles. The molecular formula is C20H23N3O4S. The van der Waals surface area contributed by atoms with Gasteiger partial charge in [-0.2, -0.15) is 4.31 Å². The van der Waals surface area contributed by atoms with Gasteiger partial charge in [0.15, 0.2) is 5.58 Å². The Morgan fingerprint density at radius 2 is 1.68 bits per heavy atom. The largest absolute Gasteiger partial charge is 0.421 e. The fraction of sp³-hybridized carbons (Fsp3) is 0.350. The lowest BCUT2D eigenvalue weighted by Gasteiger charge is -2.33. The molecule has 0 bridgehead atoms. The van der Waals surface area contributed by atoms with Gasteiger partial charge in [-0.15, -0.1) is 0 Å². The van der Waals surface area contributed by atoms with E-state index in [1.807, 2.05) is 38.1 Å². The molecule has 148 valence electrons. The van der Waals surface area contributed by atoms with E-state index in [4.69, 9.17) is 4.42 Å². The monoisotopic (exact) mass is 401 g/mol. The Labute approximate surface area is 163 Å². The van der Waals surface area contributed by atoms with Crippen molar-refractivity contribution in [1.82, 2.24) is 13.8 Å². The summed E-state index contributed by atoms with van der Waals surface area (Å²) in [5.41, 5.74) is 3.34. The fourth-order valence-electron chi connectivity index (χ4n) is 3.48. The highest BCUT2D eigenvalue weighted by molar-refractivity contribution is 7.89. The Morgan fingerprint density at radius 1 is 0.964 bits per heavy atom. The summed E-state index contributed by atoms with van der Waals surface area (Å²) in [6.07, 6.45) is 0. The van der Waals surface area contributed by atoms with Gasteiger partial charge < -0.3 is 4.42 Å². The van der Waals surface area contributed by atoms with Crippen LogP contribution in [-0.2, 0) is 16.7 Å². The first kappa shape index (κ1) is 18.9. The van der Waals surface area contributed by atoms with Crippen LogP contribution in [0.2, 0.25) is 0 Å². The molecule has 8 heteroatoms. The highest BCUT2D eigenvalue weighted by Gasteiger charge is 2.29. The molecule has 7 nitrogen and oxygen atoms in total. The quantitative estimate of drug-likeness (QED) is 0.670. The van der Waals surface area contributed by atoms with Gasteiger partial charge in [-0.3, -0.25) is 9.47 Å². The van der Waals surface area contributed by atoms with Crippen LogP contribution >= 0.6 is 0 Å². The Kier molecular flexibility index (Phi) is 4.86. The second-order valence-corrected chi connectivity index (χ2v) is 9.11. The number of piperazine rings is 1. The van der Waals surface area contributed by atoms with Crippen molar-refractivity contribution in [2.45, 2.75) is 25.4 Å². The summed E-state index contributed by atoms with van der Waals surface area (Å²) < 4.78 is 34.3. The lowest BCUT2D eigenvalue weighted by atomic mass is 10.1. The molecule has 0 N–H and O–H groups in total. The molecule has 1 fully saturated rings. The van der Waals surface area contributed by atoms with Gasteiger partial charge in [-0.05, 0) is 49.2 Å². The van der Waals surface area contributed by atoms with Crippen LogP contribution in [0.25, 0.3) is 11.1 Å². The van der Waals surface area contributed by atoms with Crippen LogP contribution in [0.3, 0.4) is 0 Å². The van der Waals surface area contributed by atoms with Gasteiger partial charge in [-0.25, -0.2) is 13.2 Å². The van der Waals surface area contributed by atoms with Crippen molar-refractivity contribution in [2.24, 2.45) is 0 Å². The third-order valence-electron chi connectivity index (χ3n) is 5.36. The number of aryl methyl sites for hydroxylation is 2. The zero-order chi connectivity index (χ0) is 19.9. The van der Waals surface area contributed by atoms with Gasteiger partial charge >= 0.3 is 5.76 Å². The molecule has 0 amide bonds. The SMILES string of the molecule is Cc1ccc(S(=O)(=O)N2CCN(Cn3c(=O)oc4ccccc43)CC2)cc1C. The van der Waals surface area contributed by atoms with Gasteiger partial charge in [0.2, 0.25) is 10.0 Å². The number of hydrogen-bond donors (Lipinski definition) is 0. The van der Waals surface area contributed by atoms with E-state index in [1.54, 1.807) is 22.8 Å². The van der Waals surface area contributed by atoms with Gasteiger partial charge in [0.05, 0.1) is 17.1 Å². The van der Waals surface area contributed by atoms with Crippen LogP contribution in [0.5, 0.6) is 0 Å². The highest BCUT2D eigenvalue weighted by Crippen LogP contribution is 2.21. The van der Waals surface area contributed by atoms with E-state index in [0.29, 0.717) is 43.3 Å². The zero-order valence-electron chi connectivity index (χ0n) is 16.0. The van der Waals surface area contributed by atoms with Crippen molar-refractivity contribution in [3.63, 3.8) is 0 Å². The fourth-order valence-corrected chi connectivity index (χ4v) is 4.99. The molecule has 3 aromatic rings. The van der Waals surface area contributed by atoms with E-state index >= 15 is 0 Å². The predicted octanol–water partition coefficient (Wildman–Crippen LogP) is 2.18. The first-order chi connectivity index (χ1) is 13.4. The summed E-state index contributed by atoms with van der Waals surface area (Å²) in [5, 5.41) is 0. The number of aromatic nitrogens is 1. The first-order valence-corrected chi connectivity index (χ1v) is 10.7. The molecule has 1 aromatic heterocycles. The number of fused-ring (bicyclic) bond motifs is 1. The van der Waals surface area contributed by atoms with Gasteiger partial charge in [0, 0.05) is 26.2 Å². The lowest BCUT2D eigenvalue weighted by Crippen LogP contribution is -2.49. The molecule has 4 rings (SSSR count). The van der Waals surface area contributed by atoms with Crippen LogP contribution in [0.4, 0.5) is 0 Å². The van der Waals surface area contributed by atoms with E-state index in [1.165, 1.54) is 4.31 Å². The molecule has 1 saturated heterocycles. The van der Waals surface area contributed by atoms with Crippen LogP contribution in [-0.4, -0.2) is 48.4 Å².